The topological polar surface area (TPSA) is 58.1 Å². The van der Waals surface area contributed by atoms with Crippen molar-refractivity contribution in [1.82, 2.24) is 20.2 Å². The summed E-state index contributed by atoms with van der Waals surface area (Å²) < 4.78 is 14.1. The van der Waals surface area contributed by atoms with Gasteiger partial charge in [0.15, 0.2) is 0 Å². The van der Waals surface area contributed by atoms with E-state index in [1.165, 1.54) is 17.7 Å². The van der Waals surface area contributed by atoms with Crippen molar-refractivity contribution >= 4 is 16.9 Å². The van der Waals surface area contributed by atoms with E-state index >= 15 is 0 Å². The maximum atomic E-state index is 14.1. The second kappa shape index (κ2) is 7.64. The highest BCUT2D eigenvalue weighted by molar-refractivity contribution is 6.04. The molecule has 6 heteroatoms. The zero-order chi connectivity index (χ0) is 19.7. The summed E-state index contributed by atoms with van der Waals surface area (Å²) in [5, 5.41) is 3.05. The summed E-state index contributed by atoms with van der Waals surface area (Å²) in [4.78, 5) is 24.0. The Balaban J connectivity index is 1.49. The molecule has 1 atom stereocenters. The minimum atomic E-state index is -0.479. The predicted molar refractivity (Wildman–Crippen MR) is 107 cm³/mol. The van der Waals surface area contributed by atoms with Crippen LogP contribution in [0.1, 0.15) is 33.7 Å². The van der Waals surface area contributed by atoms with Gasteiger partial charge in [0.25, 0.3) is 5.91 Å². The largest absolute Gasteiger partial charge is 0.348 e. The highest BCUT2D eigenvalue weighted by atomic mass is 19.1. The molecule has 1 saturated heterocycles. The molecule has 1 amide bonds. The van der Waals surface area contributed by atoms with Gasteiger partial charge in [-0.1, -0.05) is 30.3 Å². The third-order valence-electron chi connectivity index (χ3n) is 5.25. The fourth-order valence-electron chi connectivity index (χ4n) is 3.67. The first-order valence-electron chi connectivity index (χ1n) is 9.51. The molecule has 1 fully saturated rings. The molecule has 1 N–H and O–H groups in total. The van der Waals surface area contributed by atoms with Crippen molar-refractivity contribution in [2.45, 2.75) is 32.9 Å². The number of amides is 1. The van der Waals surface area contributed by atoms with Gasteiger partial charge in [-0.15, -0.1) is 0 Å². The van der Waals surface area contributed by atoms with Crippen LogP contribution in [0.2, 0.25) is 0 Å². The van der Waals surface area contributed by atoms with Crippen molar-refractivity contribution in [1.29, 1.82) is 0 Å². The Kier molecular flexibility index (Phi) is 5.05. The number of carbonyl (C=O) groups is 1. The van der Waals surface area contributed by atoms with Crippen molar-refractivity contribution in [3.05, 3.63) is 70.8 Å². The van der Waals surface area contributed by atoms with E-state index in [9.17, 15) is 9.18 Å². The number of hydrogen-bond acceptors (Lipinski definition) is 4. The Bertz CT molecular complexity index is 1020. The van der Waals surface area contributed by atoms with E-state index in [-0.39, 0.29) is 17.5 Å². The summed E-state index contributed by atoms with van der Waals surface area (Å²) in [5.74, 6) is -0.777. The average Bonchev–Trinajstić information content (AvgIpc) is 3.10. The van der Waals surface area contributed by atoms with Crippen LogP contribution in [0.25, 0.3) is 11.0 Å². The first-order valence-corrected chi connectivity index (χ1v) is 9.51. The van der Waals surface area contributed by atoms with Crippen molar-refractivity contribution in [2.24, 2.45) is 0 Å². The molecule has 144 valence electrons. The minimum Gasteiger partial charge on any atom is -0.348 e. The van der Waals surface area contributed by atoms with E-state index in [0.717, 1.165) is 37.4 Å². The number of likely N-dealkylation sites (tertiary alicyclic amines) is 1. The van der Waals surface area contributed by atoms with Crippen molar-refractivity contribution in [3.8, 4) is 0 Å². The molecule has 0 spiro atoms. The molecule has 28 heavy (non-hydrogen) atoms. The molecule has 2 heterocycles. The molecule has 0 radical (unpaired) electrons. The summed E-state index contributed by atoms with van der Waals surface area (Å²) in [6, 6.07) is 12.9. The van der Waals surface area contributed by atoms with Gasteiger partial charge in [-0.3, -0.25) is 9.69 Å². The normalized spacial score (nSPS) is 17.2. The predicted octanol–water partition coefficient (Wildman–Crippen LogP) is 3.39. The number of carbonyl (C=O) groups excluding carboxylic acids is 1. The third kappa shape index (κ3) is 3.87. The zero-order valence-corrected chi connectivity index (χ0v) is 16.1. The fourth-order valence-corrected chi connectivity index (χ4v) is 3.67. The lowest BCUT2D eigenvalue weighted by molar-refractivity contribution is 0.0938. The quantitative estimate of drug-likeness (QED) is 0.756. The van der Waals surface area contributed by atoms with Crippen molar-refractivity contribution < 1.29 is 9.18 Å². The zero-order valence-electron chi connectivity index (χ0n) is 16.1. The smallest absolute Gasteiger partial charge is 0.253 e. The molecule has 1 aliphatic heterocycles. The molecule has 4 rings (SSSR count). The van der Waals surface area contributed by atoms with Gasteiger partial charge in [-0.2, -0.15) is 0 Å². The van der Waals surface area contributed by atoms with Crippen LogP contribution in [0.15, 0.2) is 42.5 Å². The van der Waals surface area contributed by atoms with Gasteiger partial charge >= 0.3 is 0 Å². The van der Waals surface area contributed by atoms with Crippen LogP contribution in [-0.2, 0) is 6.54 Å². The molecule has 0 saturated carbocycles. The second-order valence-electron chi connectivity index (χ2n) is 7.40. The number of fused-ring (bicyclic) bond motifs is 1. The standard InChI is InChI=1S/C22H23FN4O/c1-14-15(2)25-21-19(10-17(23)11-20(21)24-14)22(28)26-18-8-9-27(13-18)12-16-6-4-3-5-7-16/h3-7,10-11,18H,8-9,12-13H2,1-2H3,(H,26,28). The summed E-state index contributed by atoms with van der Waals surface area (Å²) in [6.45, 7) is 6.22. The second-order valence-corrected chi connectivity index (χ2v) is 7.40. The maximum absolute atomic E-state index is 14.1. The molecule has 1 aliphatic rings. The maximum Gasteiger partial charge on any atom is 0.253 e. The van der Waals surface area contributed by atoms with E-state index in [4.69, 9.17) is 0 Å². The summed E-state index contributed by atoms with van der Waals surface area (Å²) in [6.07, 6.45) is 0.871. The molecular weight excluding hydrogens is 355 g/mol. The minimum absolute atomic E-state index is 0.0361. The summed E-state index contributed by atoms with van der Waals surface area (Å²) >= 11 is 0. The SMILES string of the molecule is Cc1nc2cc(F)cc(C(=O)NC3CCN(Cc4ccccc4)C3)c2nc1C. The highest BCUT2D eigenvalue weighted by Gasteiger charge is 2.25. The Morgan fingerprint density at radius 1 is 1.18 bits per heavy atom. The number of aryl methyl sites for hydroxylation is 2. The Morgan fingerprint density at radius 3 is 2.71 bits per heavy atom. The van der Waals surface area contributed by atoms with Crippen molar-refractivity contribution in [2.75, 3.05) is 13.1 Å². The van der Waals surface area contributed by atoms with Crippen LogP contribution >= 0.6 is 0 Å². The van der Waals surface area contributed by atoms with Crippen LogP contribution in [0.5, 0.6) is 0 Å². The fraction of sp³-hybridized carbons (Fsp3) is 0.318. The highest BCUT2D eigenvalue weighted by Crippen LogP contribution is 2.20. The lowest BCUT2D eigenvalue weighted by atomic mass is 10.1. The number of hydrogen-bond donors (Lipinski definition) is 1. The van der Waals surface area contributed by atoms with Crippen LogP contribution in [0, 0.1) is 19.7 Å². The lowest BCUT2D eigenvalue weighted by Crippen LogP contribution is -2.37. The molecule has 5 nitrogen and oxygen atoms in total. The number of halogens is 1. The monoisotopic (exact) mass is 378 g/mol. The van der Waals surface area contributed by atoms with Gasteiger partial charge in [0.2, 0.25) is 0 Å². The molecule has 2 aromatic carbocycles. The number of nitrogens with one attached hydrogen (secondary N) is 1. The van der Waals surface area contributed by atoms with Gasteiger partial charge in [-0.05, 0) is 31.9 Å². The molecule has 1 aromatic heterocycles. The molecule has 0 bridgehead atoms. The lowest BCUT2D eigenvalue weighted by Gasteiger charge is -2.17. The van der Waals surface area contributed by atoms with Gasteiger partial charge in [0, 0.05) is 31.7 Å². The van der Waals surface area contributed by atoms with E-state index < -0.39 is 5.82 Å². The Labute approximate surface area is 163 Å². The molecule has 3 aromatic rings. The number of nitrogens with zero attached hydrogens (tertiary/aromatic N) is 3. The van der Waals surface area contributed by atoms with Crippen LogP contribution < -0.4 is 5.32 Å². The number of benzene rings is 2. The van der Waals surface area contributed by atoms with Gasteiger partial charge in [0.1, 0.15) is 11.3 Å². The summed E-state index contributed by atoms with van der Waals surface area (Å²) in [5.41, 5.74) is 3.82. The summed E-state index contributed by atoms with van der Waals surface area (Å²) in [7, 11) is 0. The first-order chi connectivity index (χ1) is 13.5. The van der Waals surface area contributed by atoms with E-state index in [1.54, 1.807) is 0 Å². The van der Waals surface area contributed by atoms with E-state index in [2.05, 4.69) is 32.3 Å². The third-order valence-corrected chi connectivity index (χ3v) is 5.25. The Hall–Kier alpha value is -2.86. The van der Waals surface area contributed by atoms with Crippen LogP contribution in [-0.4, -0.2) is 39.9 Å². The average molecular weight is 378 g/mol. The molecule has 0 aliphatic carbocycles. The van der Waals surface area contributed by atoms with Gasteiger partial charge in [0.05, 0.1) is 22.5 Å². The number of rotatable bonds is 4. The van der Waals surface area contributed by atoms with Gasteiger partial charge < -0.3 is 5.32 Å². The molecular formula is C22H23FN4O. The van der Waals surface area contributed by atoms with Crippen LogP contribution in [0.4, 0.5) is 4.39 Å². The van der Waals surface area contributed by atoms with Gasteiger partial charge in [-0.25, -0.2) is 14.4 Å². The molecule has 1 unspecified atom stereocenters. The first kappa shape index (κ1) is 18.5. The van der Waals surface area contributed by atoms with Crippen molar-refractivity contribution in [3.63, 3.8) is 0 Å². The van der Waals surface area contributed by atoms with Crippen LogP contribution in [0.3, 0.4) is 0 Å². The number of aromatic nitrogens is 2. The Morgan fingerprint density at radius 2 is 1.93 bits per heavy atom. The van der Waals surface area contributed by atoms with E-state index in [0.29, 0.717) is 11.0 Å². The van der Waals surface area contributed by atoms with E-state index in [1.807, 2.05) is 32.0 Å².